The Kier molecular flexibility index (Phi) is 4.83. The largest absolute Gasteiger partial charge is 0.329 e. The number of hydrogen-bond acceptors (Lipinski definition) is 3. The molecule has 1 fully saturated rings. The number of nitrogens with two attached hydrogens (primary N) is 1. The van der Waals surface area contributed by atoms with Crippen molar-refractivity contribution in [2.24, 2.45) is 11.7 Å². The van der Waals surface area contributed by atoms with E-state index in [1.165, 1.54) is 5.56 Å². The van der Waals surface area contributed by atoms with E-state index in [0.29, 0.717) is 23.3 Å². The second kappa shape index (κ2) is 6.24. The quantitative estimate of drug-likeness (QED) is 0.810. The molecule has 0 amide bonds. The summed E-state index contributed by atoms with van der Waals surface area (Å²) in [6.07, 6.45) is 3.18. The molecule has 0 bridgehead atoms. The molecule has 2 rings (SSSR count). The Bertz CT molecular complexity index is 535. The molecule has 0 spiro atoms. The van der Waals surface area contributed by atoms with Gasteiger partial charge in [0.2, 0.25) is 10.0 Å². The van der Waals surface area contributed by atoms with Gasteiger partial charge in [-0.1, -0.05) is 26.0 Å². The molecule has 0 aromatic heterocycles. The summed E-state index contributed by atoms with van der Waals surface area (Å²) in [6.45, 7) is 4.62. The molecule has 1 aromatic carbocycles. The third-order valence-corrected chi connectivity index (χ3v) is 5.63. The summed E-state index contributed by atoms with van der Waals surface area (Å²) >= 11 is 0. The maximum Gasteiger partial charge on any atom is 0.240 e. The summed E-state index contributed by atoms with van der Waals surface area (Å²) < 4.78 is 27.4. The van der Waals surface area contributed by atoms with Gasteiger partial charge in [-0.3, -0.25) is 0 Å². The molecule has 1 saturated carbocycles. The molecule has 112 valence electrons. The zero-order valence-corrected chi connectivity index (χ0v) is 13.0. The SMILES string of the molecule is CCC(C)c1ccc(S(=O)(=O)NC(CN)C2CC2)cc1. The second-order valence-corrected chi connectivity index (χ2v) is 7.39. The highest BCUT2D eigenvalue weighted by Gasteiger charge is 2.33. The Morgan fingerprint density at radius 3 is 2.35 bits per heavy atom. The van der Waals surface area contributed by atoms with E-state index in [1.54, 1.807) is 12.1 Å². The molecule has 1 aromatic rings. The highest BCUT2D eigenvalue weighted by Crippen LogP contribution is 2.33. The van der Waals surface area contributed by atoms with Crippen molar-refractivity contribution in [2.45, 2.75) is 50.0 Å². The first kappa shape index (κ1) is 15.5. The Morgan fingerprint density at radius 1 is 1.30 bits per heavy atom. The third kappa shape index (κ3) is 3.59. The first-order chi connectivity index (χ1) is 9.47. The van der Waals surface area contributed by atoms with Gasteiger partial charge in [-0.15, -0.1) is 0 Å². The van der Waals surface area contributed by atoms with Gasteiger partial charge in [0, 0.05) is 12.6 Å². The van der Waals surface area contributed by atoms with Crippen LogP contribution in [0.5, 0.6) is 0 Å². The average Bonchev–Trinajstić information content (AvgIpc) is 3.28. The molecule has 2 unspecified atom stereocenters. The minimum absolute atomic E-state index is 0.130. The molecule has 20 heavy (non-hydrogen) atoms. The van der Waals surface area contributed by atoms with Crippen LogP contribution in [0.4, 0.5) is 0 Å². The van der Waals surface area contributed by atoms with Gasteiger partial charge >= 0.3 is 0 Å². The van der Waals surface area contributed by atoms with E-state index in [9.17, 15) is 8.42 Å². The van der Waals surface area contributed by atoms with Gasteiger partial charge in [0.1, 0.15) is 0 Å². The first-order valence-electron chi connectivity index (χ1n) is 7.30. The Hall–Kier alpha value is -0.910. The second-order valence-electron chi connectivity index (χ2n) is 5.68. The molecule has 3 N–H and O–H groups in total. The van der Waals surface area contributed by atoms with E-state index >= 15 is 0 Å². The number of nitrogens with one attached hydrogen (secondary N) is 1. The fraction of sp³-hybridized carbons (Fsp3) is 0.600. The molecule has 4 nitrogen and oxygen atoms in total. The summed E-state index contributed by atoms with van der Waals surface area (Å²) in [5, 5.41) is 0. The van der Waals surface area contributed by atoms with Gasteiger partial charge < -0.3 is 5.73 Å². The number of benzene rings is 1. The van der Waals surface area contributed by atoms with E-state index in [2.05, 4.69) is 18.6 Å². The monoisotopic (exact) mass is 296 g/mol. The van der Waals surface area contributed by atoms with Crippen LogP contribution in [0, 0.1) is 5.92 Å². The van der Waals surface area contributed by atoms with Crippen molar-refractivity contribution < 1.29 is 8.42 Å². The van der Waals surface area contributed by atoms with Gasteiger partial charge in [0.05, 0.1) is 4.90 Å². The van der Waals surface area contributed by atoms with Crippen LogP contribution in [0.3, 0.4) is 0 Å². The maximum absolute atomic E-state index is 12.3. The van der Waals surface area contributed by atoms with Crippen molar-refractivity contribution in [2.75, 3.05) is 6.54 Å². The molecular weight excluding hydrogens is 272 g/mol. The molecule has 5 heteroatoms. The summed E-state index contributed by atoms with van der Waals surface area (Å²) in [5.74, 6) is 0.858. The highest BCUT2D eigenvalue weighted by atomic mass is 32.2. The fourth-order valence-corrected chi connectivity index (χ4v) is 3.63. The number of sulfonamides is 1. The van der Waals surface area contributed by atoms with E-state index in [-0.39, 0.29) is 6.04 Å². The fourth-order valence-electron chi connectivity index (χ4n) is 2.31. The Balaban J connectivity index is 2.12. The normalized spacial score (nSPS) is 18.8. The third-order valence-electron chi connectivity index (χ3n) is 4.12. The van der Waals surface area contributed by atoms with E-state index < -0.39 is 10.0 Å². The number of hydrogen-bond donors (Lipinski definition) is 2. The van der Waals surface area contributed by atoms with Gasteiger partial charge in [-0.05, 0) is 48.8 Å². The minimum Gasteiger partial charge on any atom is -0.329 e. The van der Waals surface area contributed by atoms with Crippen LogP contribution in [0.15, 0.2) is 29.2 Å². The topological polar surface area (TPSA) is 72.2 Å². The number of rotatable bonds is 7. The van der Waals surface area contributed by atoms with Crippen LogP contribution < -0.4 is 10.5 Å². The van der Waals surface area contributed by atoms with Gasteiger partial charge in [0.25, 0.3) is 0 Å². The van der Waals surface area contributed by atoms with Gasteiger partial charge in [0.15, 0.2) is 0 Å². The predicted molar refractivity (Wildman–Crippen MR) is 81.0 cm³/mol. The summed E-state index contributed by atoms with van der Waals surface area (Å²) in [7, 11) is -3.46. The predicted octanol–water partition coefficient (Wildman–Crippen LogP) is 2.22. The van der Waals surface area contributed by atoms with Gasteiger partial charge in [-0.2, -0.15) is 0 Å². The zero-order valence-electron chi connectivity index (χ0n) is 12.2. The lowest BCUT2D eigenvalue weighted by molar-refractivity contribution is 0.519. The molecule has 0 radical (unpaired) electrons. The molecule has 0 aliphatic heterocycles. The molecule has 2 atom stereocenters. The van der Waals surface area contributed by atoms with Crippen LogP contribution in [-0.4, -0.2) is 21.0 Å². The molecule has 1 aliphatic rings. The van der Waals surface area contributed by atoms with Crippen LogP contribution in [0.25, 0.3) is 0 Å². The van der Waals surface area contributed by atoms with Crippen LogP contribution in [0.1, 0.15) is 44.6 Å². The average molecular weight is 296 g/mol. The lowest BCUT2D eigenvalue weighted by atomic mass is 9.99. The van der Waals surface area contributed by atoms with Crippen molar-refractivity contribution in [1.29, 1.82) is 0 Å². The highest BCUT2D eigenvalue weighted by molar-refractivity contribution is 7.89. The van der Waals surface area contributed by atoms with Crippen molar-refractivity contribution in [3.05, 3.63) is 29.8 Å². The summed E-state index contributed by atoms with van der Waals surface area (Å²) in [5.41, 5.74) is 6.82. The van der Waals surface area contributed by atoms with Gasteiger partial charge in [-0.25, -0.2) is 13.1 Å². The molecule has 1 aliphatic carbocycles. The Labute approximate surface area is 121 Å². The van der Waals surface area contributed by atoms with E-state index in [0.717, 1.165) is 19.3 Å². The maximum atomic E-state index is 12.3. The summed E-state index contributed by atoms with van der Waals surface area (Å²) in [4.78, 5) is 0.323. The van der Waals surface area contributed by atoms with Crippen LogP contribution >= 0.6 is 0 Å². The standard InChI is InChI=1S/C15H24N2O2S/c1-3-11(2)12-6-8-14(9-7-12)20(18,19)17-15(10-16)13-4-5-13/h6-9,11,13,15,17H,3-5,10,16H2,1-2H3. The van der Waals surface area contributed by atoms with Crippen molar-refractivity contribution in [1.82, 2.24) is 4.72 Å². The Morgan fingerprint density at radius 2 is 1.90 bits per heavy atom. The zero-order chi connectivity index (χ0) is 14.8. The molecular formula is C15H24N2O2S. The van der Waals surface area contributed by atoms with E-state index in [4.69, 9.17) is 5.73 Å². The van der Waals surface area contributed by atoms with Crippen molar-refractivity contribution >= 4 is 10.0 Å². The summed E-state index contributed by atoms with van der Waals surface area (Å²) in [6, 6.07) is 7.04. The van der Waals surface area contributed by atoms with Crippen LogP contribution in [0.2, 0.25) is 0 Å². The molecule has 0 saturated heterocycles. The lowest BCUT2D eigenvalue weighted by Crippen LogP contribution is -2.41. The molecule has 0 heterocycles. The van der Waals surface area contributed by atoms with E-state index in [1.807, 2.05) is 12.1 Å². The smallest absolute Gasteiger partial charge is 0.240 e. The first-order valence-corrected chi connectivity index (χ1v) is 8.78. The minimum atomic E-state index is -3.46. The van der Waals surface area contributed by atoms with Crippen LogP contribution in [-0.2, 0) is 10.0 Å². The lowest BCUT2D eigenvalue weighted by Gasteiger charge is -2.16. The van der Waals surface area contributed by atoms with Crippen molar-refractivity contribution in [3.63, 3.8) is 0 Å². The van der Waals surface area contributed by atoms with Crippen molar-refractivity contribution in [3.8, 4) is 0 Å².